The number of nitrogens with zero attached hydrogens (tertiary/aromatic N) is 5. The fourth-order valence-electron chi connectivity index (χ4n) is 4.54. The van der Waals surface area contributed by atoms with Crippen LogP contribution in [0.25, 0.3) is 0 Å². The molecule has 0 N–H and O–H groups in total. The van der Waals surface area contributed by atoms with E-state index in [0.717, 1.165) is 57.5 Å². The van der Waals surface area contributed by atoms with Crippen molar-refractivity contribution >= 4 is 17.7 Å². The third-order valence-electron chi connectivity index (χ3n) is 6.16. The number of piperidine rings is 1. The molecule has 26 heavy (non-hydrogen) atoms. The molecule has 3 fully saturated rings. The molecule has 1 amide bonds. The average molecular weight is 358 g/mol. The number of amides is 1. The van der Waals surface area contributed by atoms with Crippen molar-refractivity contribution in [2.24, 2.45) is 5.92 Å². The highest BCUT2D eigenvalue weighted by Gasteiger charge is 2.26. The van der Waals surface area contributed by atoms with Crippen LogP contribution in [0.3, 0.4) is 0 Å². The van der Waals surface area contributed by atoms with Gasteiger partial charge >= 0.3 is 0 Å². The lowest BCUT2D eigenvalue weighted by atomic mass is 10.0. The third kappa shape index (κ3) is 4.10. The maximum atomic E-state index is 12.5. The minimum atomic E-state index is 0.355. The van der Waals surface area contributed by atoms with Gasteiger partial charge in [0.1, 0.15) is 5.82 Å². The van der Waals surface area contributed by atoms with E-state index in [4.69, 9.17) is 4.98 Å². The predicted octanol–water partition coefficient (Wildman–Crippen LogP) is 2.70. The second-order valence-electron chi connectivity index (χ2n) is 7.98. The van der Waals surface area contributed by atoms with Crippen molar-refractivity contribution in [3.8, 4) is 0 Å². The molecular formula is C20H31N5O. The quantitative estimate of drug-likeness (QED) is 0.829. The summed E-state index contributed by atoms with van der Waals surface area (Å²) >= 11 is 0. The Morgan fingerprint density at radius 2 is 1.65 bits per heavy atom. The van der Waals surface area contributed by atoms with Crippen molar-refractivity contribution < 1.29 is 4.79 Å². The van der Waals surface area contributed by atoms with Crippen molar-refractivity contribution in [2.75, 3.05) is 49.1 Å². The SMILES string of the molecule is O=C(CC1CCCC1)N1CCN(c2ccnc(N3CCCCC3)n2)CC1. The van der Waals surface area contributed by atoms with Crippen LogP contribution in [0.1, 0.15) is 51.4 Å². The van der Waals surface area contributed by atoms with Gasteiger partial charge in [0.05, 0.1) is 0 Å². The lowest BCUT2D eigenvalue weighted by molar-refractivity contribution is -0.132. The third-order valence-corrected chi connectivity index (χ3v) is 6.16. The Labute approximate surface area is 156 Å². The van der Waals surface area contributed by atoms with Gasteiger partial charge in [-0.25, -0.2) is 4.98 Å². The average Bonchev–Trinajstić information content (AvgIpc) is 3.22. The van der Waals surface area contributed by atoms with E-state index in [0.29, 0.717) is 11.8 Å². The molecule has 0 aromatic carbocycles. The predicted molar refractivity (Wildman–Crippen MR) is 103 cm³/mol. The van der Waals surface area contributed by atoms with Gasteiger partial charge in [-0.15, -0.1) is 0 Å². The number of carbonyl (C=O) groups excluding carboxylic acids is 1. The largest absolute Gasteiger partial charge is 0.353 e. The van der Waals surface area contributed by atoms with Crippen molar-refractivity contribution in [2.45, 2.75) is 51.4 Å². The van der Waals surface area contributed by atoms with Gasteiger partial charge in [-0.2, -0.15) is 4.98 Å². The number of hydrogen-bond donors (Lipinski definition) is 0. The lowest BCUT2D eigenvalue weighted by Gasteiger charge is -2.36. The normalized spacial score (nSPS) is 22.1. The second-order valence-corrected chi connectivity index (χ2v) is 7.98. The molecule has 0 spiro atoms. The Hall–Kier alpha value is -1.85. The first-order valence-corrected chi connectivity index (χ1v) is 10.4. The molecule has 1 saturated carbocycles. The number of piperazine rings is 1. The molecule has 0 radical (unpaired) electrons. The molecule has 4 rings (SSSR count). The van der Waals surface area contributed by atoms with Crippen molar-refractivity contribution in [3.05, 3.63) is 12.3 Å². The molecule has 3 heterocycles. The van der Waals surface area contributed by atoms with E-state index < -0.39 is 0 Å². The summed E-state index contributed by atoms with van der Waals surface area (Å²) < 4.78 is 0. The van der Waals surface area contributed by atoms with Crippen LogP contribution in [0.4, 0.5) is 11.8 Å². The van der Waals surface area contributed by atoms with Crippen LogP contribution in [-0.2, 0) is 4.79 Å². The summed E-state index contributed by atoms with van der Waals surface area (Å²) in [6.07, 6.45) is 11.5. The Bertz CT molecular complexity index is 602. The molecule has 0 atom stereocenters. The van der Waals surface area contributed by atoms with E-state index in [-0.39, 0.29) is 0 Å². The van der Waals surface area contributed by atoms with E-state index >= 15 is 0 Å². The number of hydrogen-bond acceptors (Lipinski definition) is 5. The minimum absolute atomic E-state index is 0.355. The van der Waals surface area contributed by atoms with Gasteiger partial charge in [0.15, 0.2) is 0 Å². The monoisotopic (exact) mass is 357 g/mol. The number of rotatable bonds is 4. The highest BCUT2D eigenvalue weighted by atomic mass is 16.2. The molecule has 2 aliphatic heterocycles. The van der Waals surface area contributed by atoms with Gasteiger partial charge in [0.2, 0.25) is 11.9 Å². The van der Waals surface area contributed by atoms with E-state index in [9.17, 15) is 4.79 Å². The zero-order valence-electron chi connectivity index (χ0n) is 15.8. The van der Waals surface area contributed by atoms with E-state index in [1.807, 2.05) is 12.3 Å². The van der Waals surface area contributed by atoms with E-state index in [1.54, 1.807) is 0 Å². The molecule has 2 saturated heterocycles. The van der Waals surface area contributed by atoms with Gasteiger partial charge in [-0.05, 0) is 44.1 Å². The fourth-order valence-corrected chi connectivity index (χ4v) is 4.54. The van der Waals surface area contributed by atoms with Crippen LogP contribution < -0.4 is 9.80 Å². The van der Waals surface area contributed by atoms with Crippen LogP contribution in [0, 0.1) is 5.92 Å². The first kappa shape index (κ1) is 17.6. The minimum Gasteiger partial charge on any atom is -0.353 e. The van der Waals surface area contributed by atoms with Crippen LogP contribution in [-0.4, -0.2) is 60.0 Å². The van der Waals surface area contributed by atoms with E-state index in [1.165, 1.54) is 44.9 Å². The second kappa shape index (κ2) is 8.23. The van der Waals surface area contributed by atoms with Gasteiger partial charge in [0, 0.05) is 51.9 Å². The maximum absolute atomic E-state index is 12.5. The molecule has 6 heteroatoms. The highest BCUT2D eigenvalue weighted by molar-refractivity contribution is 5.76. The Morgan fingerprint density at radius 1 is 0.923 bits per heavy atom. The lowest BCUT2D eigenvalue weighted by Crippen LogP contribution is -2.49. The van der Waals surface area contributed by atoms with Crippen molar-refractivity contribution in [1.82, 2.24) is 14.9 Å². The van der Waals surface area contributed by atoms with Crippen molar-refractivity contribution in [1.29, 1.82) is 0 Å². The van der Waals surface area contributed by atoms with Gasteiger partial charge in [0.25, 0.3) is 0 Å². The summed E-state index contributed by atoms with van der Waals surface area (Å²) in [6, 6.07) is 2.00. The first-order chi connectivity index (χ1) is 12.8. The first-order valence-electron chi connectivity index (χ1n) is 10.4. The van der Waals surface area contributed by atoms with Crippen molar-refractivity contribution in [3.63, 3.8) is 0 Å². The van der Waals surface area contributed by atoms with Crippen LogP contribution in [0.2, 0.25) is 0 Å². The Morgan fingerprint density at radius 3 is 2.38 bits per heavy atom. The molecule has 6 nitrogen and oxygen atoms in total. The smallest absolute Gasteiger partial charge is 0.227 e. The van der Waals surface area contributed by atoms with Gasteiger partial charge < -0.3 is 14.7 Å². The summed E-state index contributed by atoms with van der Waals surface area (Å²) in [6.45, 7) is 5.49. The molecule has 142 valence electrons. The zero-order valence-corrected chi connectivity index (χ0v) is 15.8. The highest BCUT2D eigenvalue weighted by Crippen LogP contribution is 2.28. The summed E-state index contributed by atoms with van der Waals surface area (Å²) in [5, 5.41) is 0. The maximum Gasteiger partial charge on any atom is 0.227 e. The molecule has 0 bridgehead atoms. The molecule has 0 unspecified atom stereocenters. The summed E-state index contributed by atoms with van der Waals surface area (Å²) in [4.78, 5) is 28.5. The summed E-state index contributed by atoms with van der Waals surface area (Å²) in [7, 11) is 0. The van der Waals surface area contributed by atoms with E-state index in [2.05, 4.69) is 19.7 Å². The number of carbonyl (C=O) groups is 1. The van der Waals surface area contributed by atoms with Crippen LogP contribution in [0.5, 0.6) is 0 Å². The topological polar surface area (TPSA) is 52.6 Å². The van der Waals surface area contributed by atoms with Gasteiger partial charge in [-0.1, -0.05) is 12.8 Å². The Kier molecular flexibility index (Phi) is 5.56. The number of anilines is 2. The molecule has 3 aliphatic rings. The number of aromatic nitrogens is 2. The van der Waals surface area contributed by atoms with Crippen LogP contribution >= 0.6 is 0 Å². The standard InChI is InChI=1S/C20H31N5O/c26-19(16-17-6-2-3-7-17)24-14-12-23(13-15-24)18-8-9-21-20(22-18)25-10-4-1-5-11-25/h8-9,17H,1-7,10-16H2. The van der Waals surface area contributed by atoms with Gasteiger partial charge in [-0.3, -0.25) is 4.79 Å². The fraction of sp³-hybridized carbons (Fsp3) is 0.750. The summed E-state index contributed by atoms with van der Waals surface area (Å²) in [5.74, 6) is 2.85. The molecular weight excluding hydrogens is 326 g/mol. The molecule has 1 aliphatic carbocycles. The molecule has 1 aromatic rings. The Balaban J connectivity index is 1.32. The van der Waals surface area contributed by atoms with Crippen LogP contribution in [0.15, 0.2) is 12.3 Å². The molecule has 1 aromatic heterocycles. The zero-order chi connectivity index (χ0) is 17.8. The summed E-state index contributed by atoms with van der Waals surface area (Å²) in [5.41, 5.74) is 0.